The van der Waals surface area contributed by atoms with Gasteiger partial charge in [0.1, 0.15) is 4.58 Å². The summed E-state index contributed by atoms with van der Waals surface area (Å²) in [5.41, 5.74) is 16.3. The average Bonchev–Trinajstić information content (AvgIpc) is 2.69. The third-order valence-corrected chi connectivity index (χ3v) is 5.83. The topological polar surface area (TPSA) is 187 Å². The molecule has 0 spiro atoms. The fourth-order valence-electron chi connectivity index (χ4n) is 1.15. The Kier molecular flexibility index (Phi) is 5.74. The number of hydrogen-bond donors (Lipinski definition) is 5. The average molecular weight is 337 g/mol. The molecule has 12 heteroatoms. The standard InChI is InChI=1S/C8H15N7O2S3/c9-5(10)1-6(20(13,16)17)18-2-4-3-19-8(14-4)15-7(11)12/h3,6H,1-2H2,(H3,9,10)(H2,13,16,17)(H4,11,12,14,15). The largest absolute Gasteiger partial charge is 0.388 e. The third kappa shape index (κ3) is 5.73. The second-order valence-electron chi connectivity index (χ2n) is 3.72. The highest BCUT2D eigenvalue weighted by Gasteiger charge is 2.23. The van der Waals surface area contributed by atoms with E-state index in [2.05, 4.69) is 9.98 Å². The molecule has 0 radical (unpaired) electrons. The Labute approximate surface area is 124 Å². The molecule has 1 aromatic heterocycles. The second-order valence-corrected chi connectivity index (χ2v) is 7.79. The molecule has 0 saturated heterocycles. The van der Waals surface area contributed by atoms with Crippen molar-refractivity contribution in [3.8, 4) is 0 Å². The first-order valence-corrected chi connectivity index (χ1v) is 8.72. The van der Waals surface area contributed by atoms with Crippen molar-refractivity contribution in [2.75, 3.05) is 0 Å². The molecule has 0 amide bonds. The van der Waals surface area contributed by atoms with E-state index in [1.54, 1.807) is 5.38 Å². The van der Waals surface area contributed by atoms with Gasteiger partial charge < -0.3 is 17.2 Å². The number of nitrogens with two attached hydrogens (primary N) is 4. The van der Waals surface area contributed by atoms with E-state index < -0.39 is 14.6 Å². The molecule has 9 N–H and O–H groups in total. The van der Waals surface area contributed by atoms with Crippen LogP contribution in [0.4, 0.5) is 5.13 Å². The number of nitrogens with one attached hydrogen (secondary N) is 1. The molecule has 1 heterocycles. The number of rotatable bonds is 7. The van der Waals surface area contributed by atoms with Crippen LogP contribution in [-0.4, -0.2) is 29.8 Å². The van der Waals surface area contributed by atoms with Gasteiger partial charge in [0.2, 0.25) is 15.2 Å². The normalized spacial score (nSPS) is 12.8. The molecular weight excluding hydrogens is 322 g/mol. The molecule has 112 valence electrons. The van der Waals surface area contributed by atoms with Crippen molar-refractivity contribution in [2.45, 2.75) is 16.8 Å². The molecule has 1 unspecified atom stereocenters. The van der Waals surface area contributed by atoms with Crippen molar-refractivity contribution < 1.29 is 8.42 Å². The summed E-state index contributed by atoms with van der Waals surface area (Å²) in [5.74, 6) is -0.0428. The van der Waals surface area contributed by atoms with Gasteiger partial charge in [-0.2, -0.15) is 4.99 Å². The van der Waals surface area contributed by atoms with E-state index in [1.165, 1.54) is 11.3 Å². The summed E-state index contributed by atoms with van der Waals surface area (Å²) in [4.78, 5) is 7.89. The zero-order valence-corrected chi connectivity index (χ0v) is 12.8. The quantitative estimate of drug-likeness (QED) is 0.318. The van der Waals surface area contributed by atoms with E-state index in [0.717, 1.165) is 11.8 Å². The summed E-state index contributed by atoms with van der Waals surface area (Å²) in [5, 5.41) is 14.3. The molecule has 20 heavy (non-hydrogen) atoms. The van der Waals surface area contributed by atoms with Gasteiger partial charge in [-0.1, -0.05) is 0 Å². The number of aromatic nitrogens is 1. The Hall–Kier alpha value is -1.37. The molecule has 0 saturated carbocycles. The minimum atomic E-state index is -3.79. The number of thioether (sulfide) groups is 1. The molecule has 0 fully saturated rings. The van der Waals surface area contributed by atoms with Crippen molar-refractivity contribution in [1.29, 1.82) is 5.41 Å². The van der Waals surface area contributed by atoms with Gasteiger partial charge in [0.15, 0.2) is 5.96 Å². The number of amidine groups is 1. The van der Waals surface area contributed by atoms with Crippen LogP contribution in [0.5, 0.6) is 0 Å². The predicted octanol–water partition coefficient (Wildman–Crippen LogP) is -0.778. The van der Waals surface area contributed by atoms with Crippen molar-refractivity contribution in [2.24, 2.45) is 27.3 Å². The molecule has 9 nitrogen and oxygen atoms in total. The lowest BCUT2D eigenvalue weighted by Crippen LogP contribution is -2.30. The van der Waals surface area contributed by atoms with Crippen LogP contribution in [0.3, 0.4) is 0 Å². The van der Waals surface area contributed by atoms with E-state index in [0.29, 0.717) is 16.6 Å². The highest BCUT2D eigenvalue weighted by Crippen LogP contribution is 2.26. The molecule has 1 atom stereocenters. The van der Waals surface area contributed by atoms with E-state index in [9.17, 15) is 8.42 Å². The SMILES string of the molecule is N=C(N)CC(SCc1csc(N=C(N)N)n1)S(N)(=O)=O. The van der Waals surface area contributed by atoms with Crippen LogP contribution >= 0.6 is 23.1 Å². The molecule has 1 aromatic rings. The summed E-state index contributed by atoms with van der Waals surface area (Å²) in [6, 6.07) is 0. The maximum atomic E-state index is 11.4. The Balaban J connectivity index is 2.70. The maximum Gasteiger partial charge on any atom is 0.221 e. The third-order valence-electron chi connectivity index (χ3n) is 1.93. The number of aliphatic imine (C=N–C) groups is 1. The number of nitrogens with zero attached hydrogens (tertiary/aromatic N) is 2. The summed E-state index contributed by atoms with van der Waals surface area (Å²) >= 11 is 2.27. The summed E-state index contributed by atoms with van der Waals surface area (Å²) < 4.78 is 21.8. The molecule has 0 aliphatic carbocycles. The zero-order valence-electron chi connectivity index (χ0n) is 10.3. The number of sulfonamides is 1. The monoisotopic (exact) mass is 337 g/mol. The van der Waals surface area contributed by atoms with Gasteiger partial charge in [0.25, 0.3) is 0 Å². The summed E-state index contributed by atoms with van der Waals surface area (Å²) in [6.45, 7) is 0. The minimum absolute atomic E-state index is 0.0995. The number of thiazole rings is 1. The first-order chi connectivity index (χ1) is 9.18. The lowest BCUT2D eigenvalue weighted by atomic mass is 10.5. The molecule has 1 rings (SSSR count). The Bertz CT molecular complexity index is 605. The van der Waals surface area contributed by atoms with Crippen LogP contribution < -0.4 is 22.3 Å². The van der Waals surface area contributed by atoms with Crippen LogP contribution in [-0.2, 0) is 15.8 Å². The first-order valence-electron chi connectivity index (χ1n) is 5.18. The van der Waals surface area contributed by atoms with E-state index in [-0.39, 0.29) is 18.2 Å². The van der Waals surface area contributed by atoms with Gasteiger partial charge in [-0.15, -0.1) is 23.1 Å². The van der Waals surface area contributed by atoms with Crippen LogP contribution in [0.1, 0.15) is 12.1 Å². The molecule has 0 aromatic carbocycles. The Morgan fingerprint density at radius 2 is 2.15 bits per heavy atom. The van der Waals surface area contributed by atoms with Gasteiger partial charge in [-0.25, -0.2) is 18.5 Å². The lowest BCUT2D eigenvalue weighted by Gasteiger charge is -2.12. The van der Waals surface area contributed by atoms with Crippen LogP contribution in [0.2, 0.25) is 0 Å². The van der Waals surface area contributed by atoms with Crippen molar-refractivity contribution in [1.82, 2.24) is 4.98 Å². The van der Waals surface area contributed by atoms with Gasteiger partial charge in [-0.05, 0) is 0 Å². The number of guanidine groups is 1. The van der Waals surface area contributed by atoms with Crippen LogP contribution in [0.25, 0.3) is 0 Å². The Morgan fingerprint density at radius 1 is 1.50 bits per heavy atom. The second kappa shape index (κ2) is 6.88. The molecule has 0 aliphatic heterocycles. The number of primary sulfonamides is 1. The number of hydrogen-bond acceptors (Lipinski definition) is 7. The smallest absolute Gasteiger partial charge is 0.221 e. The van der Waals surface area contributed by atoms with Crippen molar-refractivity contribution >= 4 is 50.0 Å². The molecular formula is C8H15N7O2S3. The van der Waals surface area contributed by atoms with Crippen molar-refractivity contribution in [3.63, 3.8) is 0 Å². The first kappa shape index (κ1) is 16.7. The predicted molar refractivity (Wildman–Crippen MR) is 82.3 cm³/mol. The highest BCUT2D eigenvalue weighted by atomic mass is 32.3. The zero-order chi connectivity index (χ0) is 15.3. The highest BCUT2D eigenvalue weighted by molar-refractivity contribution is 8.12. The molecule has 0 aliphatic rings. The molecule has 0 bridgehead atoms. The van der Waals surface area contributed by atoms with E-state index in [1.807, 2.05) is 0 Å². The summed E-state index contributed by atoms with van der Waals surface area (Å²) in [6.07, 6.45) is -0.131. The van der Waals surface area contributed by atoms with Gasteiger partial charge in [0.05, 0.1) is 11.5 Å². The summed E-state index contributed by atoms with van der Waals surface area (Å²) in [7, 11) is -3.79. The van der Waals surface area contributed by atoms with Gasteiger partial charge in [-0.3, -0.25) is 5.41 Å². The Morgan fingerprint density at radius 3 is 2.65 bits per heavy atom. The lowest BCUT2D eigenvalue weighted by molar-refractivity contribution is 0.595. The van der Waals surface area contributed by atoms with Gasteiger partial charge in [0, 0.05) is 17.6 Å². The van der Waals surface area contributed by atoms with Crippen molar-refractivity contribution in [3.05, 3.63) is 11.1 Å². The van der Waals surface area contributed by atoms with Crippen LogP contribution in [0, 0.1) is 5.41 Å². The minimum Gasteiger partial charge on any atom is -0.388 e. The van der Waals surface area contributed by atoms with Crippen LogP contribution in [0.15, 0.2) is 10.4 Å². The fraction of sp³-hybridized carbons (Fsp3) is 0.375. The fourth-order valence-corrected chi connectivity index (χ4v) is 4.14. The van der Waals surface area contributed by atoms with Gasteiger partial charge >= 0.3 is 0 Å². The maximum absolute atomic E-state index is 11.4. The van der Waals surface area contributed by atoms with E-state index in [4.69, 9.17) is 27.7 Å². The van der Waals surface area contributed by atoms with E-state index >= 15 is 0 Å².